The molecule has 0 aromatic heterocycles. The van der Waals surface area contributed by atoms with E-state index in [-0.39, 0.29) is 11.9 Å². The van der Waals surface area contributed by atoms with Crippen molar-refractivity contribution in [2.75, 3.05) is 13.3 Å². The summed E-state index contributed by atoms with van der Waals surface area (Å²) in [6.45, 7) is 3.37. The molecule has 0 heterocycles. The summed E-state index contributed by atoms with van der Waals surface area (Å²) >= 11 is 2.17. The number of rotatable bonds is 4. The molecule has 106 valence electrons. The molecule has 1 aromatic carbocycles. The van der Waals surface area contributed by atoms with Crippen LogP contribution in [0, 0.1) is 3.57 Å². The molecule has 19 heavy (non-hydrogen) atoms. The zero-order chi connectivity index (χ0) is 14.8. The Balaban J connectivity index is 2.91. The van der Waals surface area contributed by atoms with Crippen LogP contribution in [0.2, 0.25) is 0 Å². The summed E-state index contributed by atoms with van der Waals surface area (Å²) in [4.78, 5) is 13.7. The molecule has 0 aliphatic carbocycles. The van der Waals surface area contributed by atoms with E-state index < -0.39 is 15.1 Å². The maximum Gasteiger partial charge on any atom is 0.253 e. The second-order valence-electron chi connectivity index (χ2n) is 4.70. The lowest BCUT2D eigenvalue weighted by Crippen LogP contribution is -2.44. The number of hydrogen-bond acceptors (Lipinski definition) is 3. The lowest BCUT2D eigenvalue weighted by molar-refractivity contribution is 0.0743. The summed E-state index contributed by atoms with van der Waals surface area (Å²) in [6.07, 6.45) is 1.19. The van der Waals surface area contributed by atoms with E-state index in [1.54, 1.807) is 33.0 Å². The molecule has 0 fully saturated rings. The van der Waals surface area contributed by atoms with Crippen LogP contribution in [0.4, 0.5) is 0 Å². The van der Waals surface area contributed by atoms with Gasteiger partial charge < -0.3 is 4.90 Å². The van der Waals surface area contributed by atoms with Crippen molar-refractivity contribution in [1.29, 1.82) is 0 Å². The number of carbonyl (C=O) groups is 1. The van der Waals surface area contributed by atoms with E-state index in [9.17, 15) is 13.2 Å². The number of hydrogen-bond donors (Lipinski definition) is 0. The van der Waals surface area contributed by atoms with Crippen molar-refractivity contribution >= 4 is 38.3 Å². The van der Waals surface area contributed by atoms with Crippen LogP contribution < -0.4 is 0 Å². The molecule has 0 spiro atoms. The Morgan fingerprint density at radius 3 is 2.11 bits per heavy atom. The average molecular weight is 395 g/mol. The molecule has 0 bridgehead atoms. The quantitative estimate of drug-likeness (QED) is 0.735. The number of nitrogens with zero attached hydrogens (tertiary/aromatic N) is 1. The summed E-state index contributed by atoms with van der Waals surface area (Å²) in [5.74, 6) is -0.167. The zero-order valence-corrected chi connectivity index (χ0v) is 14.4. The molecular weight excluding hydrogens is 377 g/mol. The minimum absolute atomic E-state index is 0.167. The van der Waals surface area contributed by atoms with Gasteiger partial charge in [0.15, 0.2) is 9.84 Å². The highest BCUT2D eigenvalue weighted by Gasteiger charge is 2.28. The Morgan fingerprint density at radius 2 is 1.68 bits per heavy atom. The fraction of sp³-hybridized carbons (Fsp3) is 0.462. The third-order valence-corrected chi connectivity index (χ3v) is 5.84. The van der Waals surface area contributed by atoms with E-state index >= 15 is 0 Å². The van der Waals surface area contributed by atoms with Crippen LogP contribution in [0.15, 0.2) is 24.3 Å². The molecule has 1 aromatic rings. The normalized spacial score (nSPS) is 14.8. The molecule has 0 saturated carbocycles. The summed E-state index contributed by atoms with van der Waals surface area (Å²) in [6, 6.07) is 6.83. The van der Waals surface area contributed by atoms with Crippen LogP contribution in [0.1, 0.15) is 24.2 Å². The van der Waals surface area contributed by atoms with Crippen LogP contribution in [-0.2, 0) is 9.84 Å². The molecule has 2 atom stereocenters. The molecule has 0 radical (unpaired) electrons. The Hall–Kier alpha value is -0.630. The van der Waals surface area contributed by atoms with Crippen molar-refractivity contribution in [3.8, 4) is 0 Å². The number of amides is 1. The van der Waals surface area contributed by atoms with Crippen molar-refractivity contribution in [3.63, 3.8) is 0 Å². The van der Waals surface area contributed by atoms with Crippen LogP contribution in [0.3, 0.4) is 0 Å². The molecule has 0 N–H and O–H groups in total. The van der Waals surface area contributed by atoms with Crippen molar-refractivity contribution < 1.29 is 13.2 Å². The van der Waals surface area contributed by atoms with Crippen LogP contribution in [0.5, 0.6) is 0 Å². The van der Waals surface area contributed by atoms with E-state index in [2.05, 4.69) is 22.6 Å². The maximum absolute atomic E-state index is 12.3. The number of halogens is 1. The lowest BCUT2D eigenvalue weighted by Gasteiger charge is -2.29. The smallest absolute Gasteiger partial charge is 0.253 e. The van der Waals surface area contributed by atoms with E-state index in [1.165, 1.54) is 11.2 Å². The topological polar surface area (TPSA) is 54.5 Å². The molecule has 4 nitrogen and oxygen atoms in total. The SMILES string of the molecule is CC(C(C)S(C)(=O)=O)N(C)C(=O)c1ccc(I)cc1. The minimum atomic E-state index is -3.16. The molecule has 1 amide bonds. The second-order valence-corrected chi connectivity index (χ2v) is 8.35. The van der Waals surface area contributed by atoms with Gasteiger partial charge in [-0.1, -0.05) is 0 Å². The van der Waals surface area contributed by atoms with Crippen molar-refractivity contribution in [2.24, 2.45) is 0 Å². The van der Waals surface area contributed by atoms with Gasteiger partial charge in [0.05, 0.1) is 5.25 Å². The van der Waals surface area contributed by atoms with E-state index in [4.69, 9.17) is 0 Å². The number of benzene rings is 1. The van der Waals surface area contributed by atoms with Crippen LogP contribution in [0.25, 0.3) is 0 Å². The van der Waals surface area contributed by atoms with Gasteiger partial charge in [-0.3, -0.25) is 4.79 Å². The van der Waals surface area contributed by atoms with E-state index in [1.807, 2.05) is 12.1 Å². The highest BCUT2D eigenvalue weighted by molar-refractivity contribution is 14.1. The summed E-state index contributed by atoms with van der Waals surface area (Å²) in [5.41, 5.74) is 0.565. The monoisotopic (exact) mass is 395 g/mol. The third-order valence-electron chi connectivity index (χ3n) is 3.38. The molecule has 1 rings (SSSR count). The Kier molecular flexibility index (Phi) is 5.37. The first-order chi connectivity index (χ1) is 8.64. The minimum Gasteiger partial charge on any atom is -0.338 e. The molecule has 0 aliphatic rings. The highest BCUT2D eigenvalue weighted by atomic mass is 127. The maximum atomic E-state index is 12.3. The van der Waals surface area contributed by atoms with Crippen molar-refractivity contribution in [1.82, 2.24) is 4.90 Å². The Labute approximate surface area is 128 Å². The predicted molar refractivity (Wildman–Crippen MR) is 85.0 cm³/mol. The summed E-state index contributed by atoms with van der Waals surface area (Å²) < 4.78 is 24.1. The third kappa shape index (κ3) is 4.17. The molecule has 6 heteroatoms. The molecular formula is C13H18INO3S. The first kappa shape index (κ1) is 16.4. The van der Waals surface area contributed by atoms with Gasteiger partial charge in [-0.05, 0) is 60.7 Å². The summed E-state index contributed by atoms with van der Waals surface area (Å²) in [7, 11) is -1.53. The van der Waals surface area contributed by atoms with Gasteiger partial charge in [0, 0.05) is 28.5 Å². The number of sulfone groups is 1. The standard InChI is InChI=1S/C13H18INO3S/c1-9(10(2)19(4,17)18)15(3)13(16)11-5-7-12(14)8-6-11/h5-10H,1-4H3. The Morgan fingerprint density at radius 1 is 1.21 bits per heavy atom. The zero-order valence-electron chi connectivity index (χ0n) is 11.4. The van der Waals surface area contributed by atoms with Crippen LogP contribution in [-0.4, -0.2) is 43.8 Å². The Bertz CT molecular complexity index is 554. The number of carbonyl (C=O) groups excluding carboxylic acids is 1. The van der Waals surface area contributed by atoms with Crippen molar-refractivity contribution in [2.45, 2.75) is 25.1 Å². The van der Waals surface area contributed by atoms with Gasteiger partial charge in [-0.15, -0.1) is 0 Å². The first-order valence-corrected chi connectivity index (χ1v) is 8.89. The van der Waals surface area contributed by atoms with E-state index in [0.717, 1.165) is 3.57 Å². The van der Waals surface area contributed by atoms with E-state index in [0.29, 0.717) is 5.56 Å². The molecule has 0 aliphatic heterocycles. The van der Waals surface area contributed by atoms with Gasteiger partial charge in [0.25, 0.3) is 5.91 Å². The predicted octanol–water partition coefficient (Wildman–Crippen LogP) is 2.18. The van der Waals surface area contributed by atoms with Gasteiger partial charge >= 0.3 is 0 Å². The average Bonchev–Trinajstić information content (AvgIpc) is 2.35. The highest BCUT2D eigenvalue weighted by Crippen LogP contribution is 2.14. The van der Waals surface area contributed by atoms with Crippen molar-refractivity contribution in [3.05, 3.63) is 33.4 Å². The fourth-order valence-electron chi connectivity index (χ4n) is 1.65. The lowest BCUT2D eigenvalue weighted by atomic mass is 10.1. The summed E-state index contributed by atoms with van der Waals surface area (Å²) in [5, 5.41) is -0.592. The van der Waals surface area contributed by atoms with Crippen LogP contribution >= 0.6 is 22.6 Å². The molecule has 0 saturated heterocycles. The van der Waals surface area contributed by atoms with Gasteiger partial charge in [0.2, 0.25) is 0 Å². The van der Waals surface area contributed by atoms with Gasteiger partial charge in [-0.2, -0.15) is 0 Å². The first-order valence-electron chi connectivity index (χ1n) is 5.86. The largest absolute Gasteiger partial charge is 0.338 e. The second kappa shape index (κ2) is 6.21. The fourth-order valence-corrected chi connectivity index (χ4v) is 2.91. The van der Waals surface area contributed by atoms with Gasteiger partial charge in [0.1, 0.15) is 0 Å². The molecule has 2 unspecified atom stereocenters. The van der Waals surface area contributed by atoms with Gasteiger partial charge in [-0.25, -0.2) is 8.42 Å².